The molecule has 0 atom stereocenters. The summed E-state index contributed by atoms with van der Waals surface area (Å²) in [7, 11) is 0. The molecule has 0 radical (unpaired) electrons. The summed E-state index contributed by atoms with van der Waals surface area (Å²) in [5.74, 6) is 0.481. The van der Waals surface area contributed by atoms with Gasteiger partial charge in [-0.1, -0.05) is 6.92 Å². The van der Waals surface area contributed by atoms with E-state index in [2.05, 4.69) is 12.2 Å². The molecule has 0 spiro atoms. The average molecular weight is 269 g/mol. The number of hydrogen-bond acceptors (Lipinski definition) is 3. The van der Waals surface area contributed by atoms with Crippen LogP contribution < -0.4 is 11.1 Å². The molecule has 19 heavy (non-hydrogen) atoms. The molecule has 0 aromatic carbocycles. The molecule has 0 saturated heterocycles. The van der Waals surface area contributed by atoms with E-state index in [1.54, 1.807) is 4.90 Å². The van der Waals surface area contributed by atoms with Gasteiger partial charge < -0.3 is 16.0 Å². The number of carbonyl (C=O) groups is 2. The van der Waals surface area contributed by atoms with Gasteiger partial charge >= 0.3 is 0 Å². The monoisotopic (exact) mass is 269 g/mol. The molecule has 3 N–H and O–H groups in total. The fraction of sp³-hybridized carbons (Fsp3) is 0.857. The predicted octanol–water partition coefficient (Wildman–Crippen LogP) is 0.735. The van der Waals surface area contributed by atoms with Crippen molar-refractivity contribution in [3.05, 3.63) is 0 Å². The van der Waals surface area contributed by atoms with Crippen LogP contribution in [0.25, 0.3) is 0 Å². The minimum atomic E-state index is -0.423. The van der Waals surface area contributed by atoms with Gasteiger partial charge in [-0.25, -0.2) is 0 Å². The zero-order valence-electron chi connectivity index (χ0n) is 12.5. The molecule has 5 heteroatoms. The van der Waals surface area contributed by atoms with Gasteiger partial charge in [0.25, 0.3) is 0 Å². The predicted molar refractivity (Wildman–Crippen MR) is 75.4 cm³/mol. The van der Waals surface area contributed by atoms with Crippen molar-refractivity contribution in [3.63, 3.8) is 0 Å². The standard InChI is InChI=1S/C14H27N3O2/c1-5-17(8-12(18)16-10(2)3)13(19)14(9-15)6-11(4)7-14/h10-11H,5-9,15H2,1-4H3,(H,16,18). The molecule has 1 fully saturated rings. The number of likely N-dealkylation sites (N-methyl/N-ethyl adjacent to an activating group) is 1. The molecule has 0 unspecified atom stereocenters. The third kappa shape index (κ3) is 3.69. The number of carbonyl (C=O) groups excluding carboxylic acids is 2. The van der Waals surface area contributed by atoms with Gasteiger partial charge in [0.1, 0.15) is 0 Å². The molecule has 0 heterocycles. The molecule has 1 aliphatic rings. The van der Waals surface area contributed by atoms with Crippen LogP contribution in [0.1, 0.15) is 40.5 Å². The lowest BCUT2D eigenvalue weighted by Crippen LogP contribution is -2.56. The maximum Gasteiger partial charge on any atom is 0.239 e. The van der Waals surface area contributed by atoms with Gasteiger partial charge in [0.05, 0.1) is 12.0 Å². The Kier molecular flexibility index (Phi) is 5.35. The highest BCUT2D eigenvalue weighted by atomic mass is 16.2. The second kappa shape index (κ2) is 6.37. The summed E-state index contributed by atoms with van der Waals surface area (Å²) in [6.45, 7) is 8.88. The Hall–Kier alpha value is -1.10. The highest BCUT2D eigenvalue weighted by Crippen LogP contribution is 2.45. The van der Waals surface area contributed by atoms with Crippen molar-refractivity contribution in [2.45, 2.75) is 46.6 Å². The van der Waals surface area contributed by atoms with Crippen molar-refractivity contribution in [1.82, 2.24) is 10.2 Å². The lowest BCUT2D eigenvalue weighted by Gasteiger charge is -2.46. The van der Waals surface area contributed by atoms with Gasteiger partial charge in [0, 0.05) is 19.1 Å². The second-order valence-corrected chi connectivity index (χ2v) is 6.04. The minimum absolute atomic E-state index is 0.0366. The van der Waals surface area contributed by atoms with Crippen LogP contribution in [0.2, 0.25) is 0 Å². The van der Waals surface area contributed by atoms with E-state index >= 15 is 0 Å². The highest BCUT2D eigenvalue weighted by molar-refractivity contribution is 5.88. The van der Waals surface area contributed by atoms with Crippen LogP contribution in [0, 0.1) is 11.3 Å². The van der Waals surface area contributed by atoms with Crippen LogP contribution in [0.15, 0.2) is 0 Å². The lowest BCUT2D eigenvalue weighted by atomic mass is 9.62. The molecule has 1 saturated carbocycles. The van der Waals surface area contributed by atoms with E-state index in [4.69, 9.17) is 5.73 Å². The Morgan fingerprint density at radius 1 is 1.42 bits per heavy atom. The van der Waals surface area contributed by atoms with Crippen molar-refractivity contribution in [2.75, 3.05) is 19.6 Å². The van der Waals surface area contributed by atoms with Crippen molar-refractivity contribution >= 4 is 11.8 Å². The van der Waals surface area contributed by atoms with Gasteiger partial charge in [-0.05, 0) is 39.5 Å². The maximum absolute atomic E-state index is 12.5. The molecule has 0 aromatic heterocycles. The number of nitrogens with two attached hydrogens (primary N) is 1. The largest absolute Gasteiger partial charge is 0.352 e. The van der Waals surface area contributed by atoms with Gasteiger partial charge in [0.15, 0.2) is 0 Å². The first-order chi connectivity index (χ1) is 8.84. The van der Waals surface area contributed by atoms with E-state index in [9.17, 15) is 9.59 Å². The fourth-order valence-electron chi connectivity index (χ4n) is 2.91. The van der Waals surface area contributed by atoms with E-state index in [1.165, 1.54) is 0 Å². The normalized spacial score (nSPS) is 25.9. The minimum Gasteiger partial charge on any atom is -0.352 e. The third-order valence-electron chi connectivity index (χ3n) is 3.78. The molecular formula is C14H27N3O2. The van der Waals surface area contributed by atoms with Crippen LogP contribution in [0.5, 0.6) is 0 Å². The van der Waals surface area contributed by atoms with Crippen LogP contribution in [-0.2, 0) is 9.59 Å². The van der Waals surface area contributed by atoms with Crippen molar-refractivity contribution in [2.24, 2.45) is 17.1 Å². The summed E-state index contributed by atoms with van der Waals surface area (Å²) >= 11 is 0. The molecule has 1 rings (SSSR count). The number of amides is 2. The van der Waals surface area contributed by atoms with Crippen LogP contribution >= 0.6 is 0 Å². The van der Waals surface area contributed by atoms with Crippen molar-refractivity contribution < 1.29 is 9.59 Å². The topological polar surface area (TPSA) is 75.4 Å². The number of nitrogens with zero attached hydrogens (tertiary/aromatic N) is 1. The van der Waals surface area contributed by atoms with Crippen molar-refractivity contribution in [1.29, 1.82) is 0 Å². The van der Waals surface area contributed by atoms with Gasteiger partial charge in [-0.3, -0.25) is 9.59 Å². The van der Waals surface area contributed by atoms with Gasteiger partial charge in [-0.15, -0.1) is 0 Å². The van der Waals surface area contributed by atoms with Gasteiger partial charge in [0.2, 0.25) is 11.8 Å². The Balaban J connectivity index is 2.64. The zero-order chi connectivity index (χ0) is 14.6. The first-order valence-electron chi connectivity index (χ1n) is 7.13. The quantitative estimate of drug-likeness (QED) is 0.746. The third-order valence-corrected chi connectivity index (χ3v) is 3.78. The van der Waals surface area contributed by atoms with E-state index in [0.717, 1.165) is 12.8 Å². The molecule has 0 bridgehead atoms. The molecular weight excluding hydrogens is 242 g/mol. The second-order valence-electron chi connectivity index (χ2n) is 6.04. The van der Waals surface area contributed by atoms with Crippen LogP contribution in [-0.4, -0.2) is 42.4 Å². The highest BCUT2D eigenvalue weighted by Gasteiger charge is 2.48. The zero-order valence-corrected chi connectivity index (χ0v) is 12.5. The SMILES string of the molecule is CCN(CC(=O)NC(C)C)C(=O)C1(CN)CC(C)C1. The summed E-state index contributed by atoms with van der Waals surface area (Å²) in [6, 6.07) is 0.0912. The summed E-state index contributed by atoms with van der Waals surface area (Å²) in [5.41, 5.74) is 5.36. The Bertz CT molecular complexity index is 336. The summed E-state index contributed by atoms with van der Waals surface area (Å²) in [4.78, 5) is 25.9. The first kappa shape index (κ1) is 16.0. The number of nitrogens with one attached hydrogen (secondary N) is 1. The Labute approximate surface area is 115 Å². The van der Waals surface area contributed by atoms with Crippen LogP contribution in [0.3, 0.4) is 0 Å². The average Bonchev–Trinajstić information content (AvgIpc) is 2.30. The summed E-state index contributed by atoms with van der Waals surface area (Å²) in [5, 5.41) is 2.81. The summed E-state index contributed by atoms with van der Waals surface area (Å²) in [6.07, 6.45) is 1.68. The van der Waals surface area contributed by atoms with E-state index in [-0.39, 0.29) is 24.4 Å². The molecule has 110 valence electrons. The Morgan fingerprint density at radius 2 is 2.00 bits per heavy atom. The molecule has 5 nitrogen and oxygen atoms in total. The van der Waals surface area contributed by atoms with E-state index in [0.29, 0.717) is 19.0 Å². The number of rotatable bonds is 6. The molecule has 0 aliphatic heterocycles. The van der Waals surface area contributed by atoms with E-state index in [1.807, 2.05) is 20.8 Å². The van der Waals surface area contributed by atoms with E-state index < -0.39 is 5.41 Å². The Morgan fingerprint density at radius 3 is 2.37 bits per heavy atom. The molecule has 0 aromatic rings. The molecule has 1 aliphatic carbocycles. The van der Waals surface area contributed by atoms with Crippen molar-refractivity contribution in [3.8, 4) is 0 Å². The smallest absolute Gasteiger partial charge is 0.239 e. The molecule has 2 amide bonds. The summed E-state index contributed by atoms with van der Waals surface area (Å²) < 4.78 is 0. The van der Waals surface area contributed by atoms with Gasteiger partial charge in [-0.2, -0.15) is 0 Å². The van der Waals surface area contributed by atoms with Crippen LogP contribution in [0.4, 0.5) is 0 Å². The number of hydrogen-bond donors (Lipinski definition) is 2. The first-order valence-corrected chi connectivity index (χ1v) is 7.13. The maximum atomic E-state index is 12.5. The fourth-order valence-corrected chi connectivity index (χ4v) is 2.91. The lowest BCUT2D eigenvalue weighted by molar-refractivity contribution is -0.151.